The number of benzene rings is 1. The molecule has 8 nitrogen and oxygen atoms in total. The minimum atomic E-state index is -5.08. The number of halogens is 3. The molecule has 0 bridgehead atoms. The first-order chi connectivity index (χ1) is 15.1. The molecule has 172 valence electrons. The lowest BCUT2D eigenvalue weighted by Crippen LogP contribution is -2.39. The molecule has 0 aliphatic carbocycles. The largest absolute Gasteiger partial charge is 0.490 e. The van der Waals surface area contributed by atoms with E-state index >= 15 is 0 Å². The smallest absolute Gasteiger partial charge is 0.475 e. The van der Waals surface area contributed by atoms with E-state index in [4.69, 9.17) is 15.6 Å². The second kappa shape index (κ2) is 9.96. The van der Waals surface area contributed by atoms with E-state index in [0.29, 0.717) is 6.04 Å². The third kappa shape index (κ3) is 6.17. The van der Waals surface area contributed by atoms with Crippen LogP contribution in [0.25, 0.3) is 5.52 Å². The number of hydrogen-bond donors (Lipinski definition) is 3. The van der Waals surface area contributed by atoms with Crippen LogP contribution in [-0.4, -0.2) is 55.9 Å². The number of nitrogens with one attached hydrogen (secondary N) is 1. The highest BCUT2D eigenvalue weighted by atomic mass is 19.4. The van der Waals surface area contributed by atoms with Crippen molar-refractivity contribution in [2.45, 2.75) is 38.5 Å². The number of piperidine rings is 1. The van der Waals surface area contributed by atoms with Crippen molar-refractivity contribution in [3.05, 3.63) is 54.0 Å². The number of aromatic nitrogens is 3. The molecule has 0 amide bonds. The van der Waals surface area contributed by atoms with Crippen LogP contribution in [-0.2, 0) is 11.3 Å². The zero-order valence-electron chi connectivity index (χ0n) is 17.5. The van der Waals surface area contributed by atoms with Crippen LogP contribution < -0.4 is 11.1 Å². The Hall–Kier alpha value is -3.18. The maximum atomic E-state index is 10.6. The van der Waals surface area contributed by atoms with Gasteiger partial charge in [-0.3, -0.25) is 4.90 Å². The Kier molecular flexibility index (Phi) is 7.31. The van der Waals surface area contributed by atoms with Gasteiger partial charge in [0.25, 0.3) is 0 Å². The summed E-state index contributed by atoms with van der Waals surface area (Å²) in [5.41, 5.74) is 10.6. The summed E-state index contributed by atoms with van der Waals surface area (Å²) >= 11 is 0. The molecule has 1 aliphatic heterocycles. The van der Waals surface area contributed by atoms with E-state index in [1.54, 1.807) is 6.33 Å². The highest BCUT2D eigenvalue weighted by molar-refractivity contribution is 5.76. The number of rotatable bonds is 4. The van der Waals surface area contributed by atoms with Crippen molar-refractivity contribution < 1.29 is 23.1 Å². The summed E-state index contributed by atoms with van der Waals surface area (Å²) < 4.78 is 33.6. The number of nitrogens with zero attached hydrogens (tertiary/aromatic N) is 4. The third-order valence-electron chi connectivity index (χ3n) is 5.09. The molecular formula is C21H25F3N6O2. The summed E-state index contributed by atoms with van der Waals surface area (Å²) in [7, 11) is 0. The number of anilines is 2. The van der Waals surface area contributed by atoms with Crippen LogP contribution in [0.2, 0.25) is 0 Å². The summed E-state index contributed by atoms with van der Waals surface area (Å²) in [5.74, 6) is -1.91. The molecule has 1 aliphatic rings. The molecule has 0 unspecified atom stereocenters. The van der Waals surface area contributed by atoms with Gasteiger partial charge in [0, 0.05) is 24.5 Å². The van der Waals surface area contributed by atoms with Crippen LogP contribution in [0.5, 0.6) is 0 Å². The summed E-state index contributed by atoms with van der Waals surface area (Å²) in [4.78, 5) is 15.8. The molecular weight excluding hydrogens is 425 g/mol. The van der Waals surface area contributed by atoms with Crippen molar-refractivity contribution >= 4 is 23.0 Å². The van der Waals surface area contributed by atoms with E-state index in [-0.39, 0.29) is 0 Å². The van der Waals surface area contributed by atoms with Crippen molar-refractivity contribution in [3.63, 3.8) is 0 Å². The summed E-state index contributed by atoms with van der Waals surface area (Å²) in [6.45, 7) is 5.09. The van der Waals surface area contributed by atoms with Gasteiger partial charge in [-0.15, -0.1) is 0 Å². The Labute approximate surface area is 182 Å². The first-order valence-electron chi connectivity index (χ1n) is 10.1. The van der Waals surface area contributed by atoms with Crippen LogP contribution in [0, 0.1) is 6.92 Å². The molecule has 3 aromatic rings. The third-order valence-corrected chi connectivity index (χ3v) is 5.09. The predicted molar refractivity (Wildman–Crippen MR) is 114 cm³/mol. The Balaban J connectivity index is 0.000000360. The molecule has 32 heavy (non-hydrogen) atoms. The first kappa shape index (κ1) is 23.5. The van der Waals surface area contributed by atoms with Gasteiger partial charge in [0.15, 0.2) is 5.82 Å². The molecule has 0 radical (unpaired) electrons. The van der Waals surface area contributed by atoms with E-state index in [0.717, 1.165) is 49.5 Å². The standard InChI is InChI=1S/C19H24N6.C2HF3O2/c1-14-3-2-4-17(11-14)23-19-18-15(5-10-25(18)22-13-21-19)12-24-8-6-16(20)7-9-24;3-2(4,5)1(6)7/h2-5,10-11,13,16H,6-9,12,20H2,1H3,(H,21,22,23);(H,6,7). The van der Waals surface area contributed by atoms with Gasteiger partial charge in [0.05, 0.1) is 0 Å². The highest BCUT2D eigenvalue weighted by Gasteiger charge is 2.38. The maximum absolute atomic E-state index is 10.6. The van der Waals surface area contributed by atoms with Gasteiger partial charge >= 0.3 is 12.1 Å². The fourth-order valence-electron chi connectivity index (χ4n) is 3.45. The van der Waals surface area contributed by atoms with Crippen LogP contribution in [0.4, 0.5) is 24.7 Å². The second-order valence-electron chi connectivity index (χ2n) is 7.65. The minimum Gasteiger partial charge on any atom is -0.475 e. The molecule has 2 aromatic heterocycles. The number of fused-ring (bicyclic) bond motifs is 1. The van der Waals surface area contributed by atoms with Crippen LogP contribution in [0.15, 0.2) is 42.9 Å². The lowest BCUT2D eigenvalue weighted by molar-refractivity contribution is -0.192. The van der Waals surface area contributed by atoms with Gasteiger partial charge in [0.2, 0.25) is 0 Å². The van der Waals surface area contributed by atoms with E-state index in [1.807, 2.05) is 16.8 Å². The molecule has 4 N–H and O–H groups in total. The zero-order valence-corrected chi connectivity index (χ0v) is 17.5. The fraction of sp³-hybridized carbons (Fsp3) is 0.381. The summed E-state index contributed by atoms with van der Waals surface area (Å²) in [6.07, 6.45) is 0.644. The van der Waals surface area contributed by atoms with Gasteiger partial charge in [-0.05, 0) is 62.2 Å². The first-order valence-corrected chi connectivity index (χ1v) is 10.1. The molecule has 1 saturated heterocycles. The summed E-state index contributed by atoms with van der Waals surface area (Å²) in [5, 5.41) is 14.9. The van der Waals surface area contributed by atoms with Gasteiger partial charge in [0.1, 0.15) is 11.8 Å². The predicted octanol–water partition coefficient (Wildman–Crippen LogP) is 3.34. The van der Waals surface area contributed by atoms with Gasteiger partial charge < -0.3 is 16.2 Å². The number of alkyl halides is 3. The maximum Gasteiger partial charge on any atom is 0.490 e. The minimum absolute atomic E-state index is 0.351. The number of carbonyl (C=O) groups is 1. The van der Waals surface area contributed by atoms with Crippen molar-refractivity contribution in [3.8, 4) is 0 Å². The quantitative estimate of drug-likeness (QED) is 0.559. The van der Waals surface area contributed by atoms with Crippen molar-refractivity contribution in [1.29, 1.82) is 0 Å². The van der Waals surface area contributed by atoms with E-state index in [2.05, 4.69) is 51.5 Å². The number of aryl methyl sites for hydroxylation is 1. The Morgan fingerprint density at radius 2 is 1.97 bits per heavy atom. The molecule has 1 fully saturated rings. The van der Waals surface area contributed by atoms with E-state index in [9.17, 15) is 13.2 Å². The van der Waals surface area contributed by atoms with E-state index < -0.39 is 12.1 Å². The van der Waals surface area contributed by atoms with Crippen molar-refractivity contribution in [2.75, 3.05) is 18.4 Å². The number of hydrogen-bond acceptors (Lipinski definition) is 6. The number of nitrogens with two attached hydrogens (primary N) is 1. The van der Waals surface area contributed by atoms with Crippen LogP contribution >= 0.6 is 0 Å². The van der Waals surface area contributed by atoms with Gasteiger partial charge in [-0.25, -0.2) is 14.3 Å². The fourth-order valence-corrected chi connectivity index (χ4v) is 3.45. The lowest BCUT2D eigenvalue weighted by Gasteiger charge is -2.29. The van der Waals surface area contributed by atoms with Crippen LogP contribution in [0.3, 0.4) is 0 Å². The molecule has 1 aromatic carbocycles. The summed E-state index contributed by atoms with van der Waals surface area (Å²) in [6, 6.07) is 10.8. The normalized spacial score (nSPS) is 15.3. The molecule has 3 heterocycles. The van der Waals surface area contributed by atoms with E-state index in [1.165, 1.54) is 11.1 Å². The average molecular weight is 450 g/mol. The van der Waals surface area contributed by atoms with Crippen molar-refractivity contribution in [1.82, 2.24) is 19.5 Å². The molecule has 4 rings (SSSR count). The van der Waals surface area contributed by atoms with Crippen molar-refractivity contribution in [2.24, 2.45) is 5.73 Å². The Morgan fingerprint density at radius 1 is 1.28 bits per heavy atom. The average Bonchev–Trinajstić information content (AvgIpc) is 3.13. The SMILES string of the molecule is Cc1cccc(Nc2ncnn3ccc(CN4CCC(N)CC4)c23)c1.O=C(O)C(F)(F)F. The van der Waals surface area contributed by atoms with Crippen LogP contribution in [0.1, 0.15) is 24.0 Å². The Morgan fingerprint density at radius 3 is 2.59 bits per heavy atom. The number of carboxylic acids is 1. The zero-order chi connectivity index (χ0) is 23.3. The van der Waals surface area contributed by atoms with Gasteiger partial charge in [-0.2, -0.15) is 18.3 Å². The number of likely N-dealkylation sites (tertiary alicyclic amines) is 1. The highest BCUT2D eigenvalue weighted by Crippen LogP contribution is 2.25. The number of carboxylic acid groups (broad SMARTS) is 1. The number of aliphatic carboxylic acids is 1. The topological polar surface area (TPSA) is 109 Å². The molecule has 0 saturated carbocycles. The lowest BCUT2D eigenvalue weighted by atomic mass is 10.1. The molecule has 0 spiro atoms. The second-order valence-corrected chi connectivity index (χ2v) is 7.65. The monoisotopic (exact) mass is 450 g/mol. The molecule has 11 heteroatoms. The molecule has 0 atom stereocenters. The Bertz CT molecular complexity index is 1060. The van der Waals surface area contributed by atoms with Gasteiger partial charge in [-0.1, -0.05) is 12.1 Å².